The zero-order valence-electron chi connectivity index (χ0n) is 28.4. The van der Waals surface area contributed by atoms with Crippen LogP contribution < -0.4 is 0 Å². The summed E-state index contributed by atoms with van der Waals surface area (Å²) in [7, 11) is 0. The van der Waals surface area contributed by atoms with Crippen LogP contribution in [0.2, 0.25) is 0 Å². The zero-order chi connectivity index (χ0) is 33.8. The van der Waals surface area contributed by atoms with Crippen molar-refractivity contribution in [2.45, 2.75) is 19.3 Å². The zero-order valence-corrected chi connectivity index (χ0v) is 28.4. The number of hydrogen-bond donors (Lipinski definition) is 0. The Kier molecular flexibility index (Phi) is 5.73. The van der Waals surface area contributed by atoms with Gasteiger partial charge in [-0.15, -0.1) is 0 Å². The number of fused-ring (bicyclic) bond motifs is 12. The molecular formula is C48H33N3. The molecule has 10 aromatic rings. The van der Waals surface area contributed by atoms with Crippen LogP contribution in [0.1, 0.15) is 25.0 Å². The number of para-hydroxylation sites is 2. The number of rotatable bonds is 3. The Morgan fingerprint density at radius 3 is 1.96 bits per heavy atom. The second-order valence-electron chi connectivity index (χ2n) is 14.4. The van der Waals surface area contributed by atoms with E-state index in [1.165, 1.54) is 66.0 Å². The Bertz CT molecular complexity index is 3060. The average Bonchev–Trinajstić information content (AvgIpc) is 3.84. The van der Waals surface area contributed by atoms with Crippen molar-refractivity contribution in [3.63, 3.8) is 0 Å². The molecule has 3 nitrogen and oxygen atoms in total. The van der Waals surface area contributed by atoms with Crippen molar-refractivity contribution < 1.29 is 0 Å². The van der Waals surface area contributed by atoms with E-state index < -0.39 is 0 Å². The molecule has 0 aliphatic heterocycles. The smallest absolute Gasteiger partial charge is 0.145 e. The summed E-state index contributed by atoms with van der Waals surface area (Å²) in [4.78, 5) is 5.02. The van der Waals surface area contributed by atoms with Crippen molar-refractivity contribution in [2.75, 3.05) is 0 Å². The largest absolute Gasteiger partial charge is 0.309 e. The summed E-state index contributed by atoms with van der Waals surface area (Å²) in [6, 6.07) is 57.8. The third-order valence-electron chi connectivity index (χ3n) is 11.4. The number of imidazole rings is 1. The molecule has 0 N–H and O–H groups in total. The van der Waals surface area contributed by atoms with E-state index in [4.69, 9.17) is 4.98 Å². The van der Waals surface area contributed by atoms with Gasteiger partial charge in [-0.2, -0.15) is 0 Å². The maximum absolute atomic E-state index is 5.02. The first-order chi connectivity index (χ1) is 25.1. The van der Waals surface area contributed by atoms with E-state index in [9.17, 15) is 0 Å². The normalized spacial score (nSPS) is 13.5. The number of benzene rings is 7. The van der Waals surface area contributed by atoms with E-state index in [1.807, 2.05) is 6.20 Å². The van der Waals surface area contributed by atoms with Gasteiger partial charge in [-0.25, -0.2) is 4.98 Å². The van der Waals surface area contributed by atoms with Crippen molar-refractivity contribution in [1.29, 1.82) is 0 Å². The fraction of sp³-hybridized carbons (Fsp3) is 0.0625. The Hall–Kier alpha value is -6.45. The lowest BCUT2D eigenvalue weighted by molar-refractivity contribution is 0.660. The number of nitrogens with zero attached hydrogens (tertiary/aromatic N) is 3. The molecule has 0 amide bonds. The standard InChI is InChI=1S/C48H33N3/c1-48(2)41-19-8-5-15-35(41)36-24-22-30(27-42(36)48)31-23-25-39-38-17-7-9-20-43(38)50(45(39)28-31)33-13-11-12-32(26-33)46-29-49-47-40-18-4-3-14-34(40)37-16-6-10-21-44(37)51(46)47/h3-29H,1-2H3. The maximum atomic E-state index is 5.02. The number of aromatic nitrogens is 3. The Morgan fingerprint density at radius 1 is 0.451 bits per heavy atom. The van der Waals surface area contributed by atoms with Gasteiger partial charge in [-0.3, -0.25) is 4.40 Å². The minimum atomic E-state index is -0.0448. The summed E-state index contributed by atoms with van der Waals surface area (Å²) < 4.78 is 4.76. The third kappa shape index (κ3) is 3.92. The van der Waals surface area contributed by atoms with Crippen molar-refractivity contribution >= 4 is 49.1 Å². The monoisotopic (exact) mass is 651 g/mol. The lowest BCUT2D eigenvalue weighted by Gasteiger charge is -2.22. The molecule has 7 aromatic carbocycles. The number of hydrogen-bond acceptors (Lipinski definition) is 1. The maximum Gasteiger partial charge on any atom is 0.145 e. The van der Waals surface area contributed by atoms with E-state index in [2.05, 4.69) is 181 Å². The second-order valence-corrected chi connectivity index (χ2v) is 14.4. The first-order valence-corrected chi connectivity index (χ1v) is 17.7. The van der Waals surface area contributed by atoms with Gasteiger partial charge in [0.05, 0.1) is 28.4 Å². The van der Waals surface area contributed by atoms with Gasteiger partial charge in [0.15, 0.2) is 0 Å². The molecule has 0 unspecified atom stereocenters. The van der Waals surface area contributed by atoms with E-state index in [0.717, 1.165) is 33.5 Å². The molecule has 0 radical (unpaired) electrons. The van der Waals surface area contributed by atoms with E-state index in [-0.39, 0.29) is 5.41 Å². The highest BCUT2D eigenvalue weighted by atomic mass is 15.0. The molecule has 240 valence electrons. The van der Waals surface area contributed by atoms with Gasteiger partial charge in [0.2, 0.25) is 0 Å². The molecular weight excluding hydrogens is 619 g/mol. The van der Waals surface area contributed by atoms with Crippen LogP contribution in [-0.4, -0.2) is 14.0 Å². The van der Waals surface area contributed by atoms with Crippen LogP contribution in [-0.2, 0) is 5.41 Å². The van der Waals surface area contributed by atoms with Crippen LogP contribution in [0.3, 0.4) is 0 Å². The van der Waals surface area contributed by atoms with Crippen molar-refractivity contribution in [3.8, 4) is 39.2 Å². The molecule has 11 rings (SSSR count). The lowest BCUT2D eigenvalue weighted by atomic mass is 9.81. The lowest BCUT2D eigenvalue weighted by Crippen LogP contribution is -2.14. The van der Waals surface area contributed by atoms with Gasteiger partial charge in [0.25, 0.3) is 0 Å². The fourth-order valence-corrected chi connectivity index (χ4v) is 8.92. The van der Waals surface area contributed by atoms with Crippen molar-refractivity contribution in [1.82, 2.24) is 14.0 Å². The van der Waals surface area contributed by atoms with Gasteiger partial charge in [0.1, 0.15) is 5.65 Å². The topological polar surface area (TPSA) is 22.2 Å². The molecule has 0 saturated heterocycles. The number of pyridine rings is 1. The summed E-state index contributed by atoms with van der Waals surface area (Å²) in [6.07, 6.45) is 2.03. The molecule has 3 heteroatoms. The van der Waals surface area contributed by atoms with Crippen LogP contribution in [0.25, 0.3) is 88.3 Å². The third-order valence-corrected chi connectivity index (χ3v) is 11.4. The highest BCUT2D eigenvalue weighted by Gasteiger charge is 2.35. The van der Waals surface area contributed by atoms with Gasteiger partial charge in [-0.1, -0.05) is 135 Å². The Morgan fingerprint density at radius 2 is 1.10 bits per heavy atom. The molecule has 51 heavy (non-hydrogen) atoms. The quantitative estimate of drug-likeness (QED) is 0.174. The van der Waals surface area contributed by atoms with Crippen molar-refractivity contribution in [3.05, 3.63) is 175 Å². The van der Waals surface area contributed by atoms with Crippen LogP contribution in [0, 0.1) is 0 Å². The molecule has 1 aliphatic carbocycles. The summed E-state index contributed by atoms with van der Waals surface area (Å²) in [5.74, 6) is 0. The highest BCUT2D eigenvalue weighted by Crippen LogP contribution is 2.49. The van der Waals surface area contributed by atoms with Crippen LogP contribution >= 0.6 is 0 Å². The fourth-order valence-electron chi connectivity index (χ4n) is 8.92. The summed E-state index contributed by atoms with van der Waals surface area (Å²) in [6.45, 7) is 4.70. The second kappa shape index (κ2) is 10.3. The predicted molar refractivity (Wildman–Crippen MR) is 213 cm³/mol. The molecule has 3 aromatic heterocycles. The van der Waals surface area contributed by atoms with Crippen LogP contribution in [0.4, 0.5) is 0 Å². The van der Waals surface area contributed by atoms with Gasteiger partial charge >= 0.3 is 0 Å². The van der Waals surface area contributed by atoms with Gasteiger partial charge < -0.3 is 4.57 Å². The van der Waals surface area contributed by atoms with E-state index in [0.29, 0.717) is 0 Å². The minimum Gasteiger partial charge on any atom is -0.309 e. The summed E-state index contributed by atoms with van der Waals surface area (Å²) in [5.41, 5.74) is 15.8. The van der Waals surface area contributed by atoms with Crippen LogP contribution in [0.15, 0.2) is 164 Å². The molecule has 1 aliphatic rings. The van der Waals surface area contributed by atoms with Crippen molar-refractivity contribution in [2.24, 2.45) is 0 Å². The highest BCUT2D eigenvalue weighted by molar-refractivity contribution is 6.13. The molecule has 0 fully saturated rings. The summed E-state index contributed by atoms with van der Waals surface area (Å²) >= 11 is 0. The van der Waals surface area contributed by atoms with Gasteiger partial charge in [-0.05, 0) is 75.2 Å². The average molecular weight is 652 g/mol. The first-order valence-electron chi connectivity index (χ1n) is 17.7. The van der Waals surface area contributed by atoms with E-state index in [1.54, 1.807) is 0 Å². The Labute approximate surface area is 295 Å². The minimum absolute atomic E-state index is 0.0448. The first kappa shape index (κ1) is 28.4. The van der Waals surface area contributed by atoms with Gasteiger partial charge in [0, 0.05) is 38.2 Å². The molecule has 3 heterocycles. The Balaban J connectivity index is 1.11. The summed E-state index contributed by atoms with van der Waals surface area (Å²) in [5, 5.41) is 6.12. The molecule has 0 bridgehead atoms. The molecule has 0 atom stereocenters. The van der Waals surface area contributed by atoms with E-state index >= 15 is 0 Å². The van der Waals surface area contributed by atoms with Crippen LogP contribution in [0.5, 0.6) is 0 Å². The molecule has 0 spiro atoms. The molecule has 0 saturated carbocycles. The SMILES string of the molecule is CC1(C)c2ccccc2-c2ccc(-c3ccc4c5ccccc5n(-c5cccc(-c6cnc7c8ccccc8c8ccccc8n67)c5)c4c3)cc21. The predicted octanol–water partition coefficient (Wildman–Crippen LogP) is 12.4.